The molecule has 1 aliphatic carbocycles. The highest BCUT2D eigenvalue weighted by Crippen LogP contribution is 2.30. The van der Waals surface area contributed by atoms with Crippen molar-refractivity contribution in [1.82, 2.24) is 0 Å². The maximum absolute atomic E-state index is 12.2. The number of methoxy groups -OCH3 is 2. The minimum atomic E-state index is -0.597. The summed E-state index contributed by atoms with van der Waals surface area (Å²) < 4.78 is 10.5. The van der Waals surface area contributed by atoms with Gasteiger partial charge in [-0.15, -0.1) is 11.6 Å². The summed E-state index contributed by atoms with van der Waals surface area (Å²) in [4.78, 5) is 12.2. The van der Waals surface area contributed by atoms with E-state index in [-0.39, 0.29) is 11.9 Å². The lowest BCUT2D eigenvalue weighted by Crippen LogP contribution is -2.36. The normalized spacial score (nSPS) is 25.6. The Labute approximate surface area is 118 Å². The molecule has 0 radical (unpaired) electrons. The van der Waals surface area contributed by atoms with E-state index in [9.17, 15) is 4.79 Å². The summed E-state index contributed by atoms with van der Waals surface area (Å²) >= 11 is 6.12. The second kappa shape index (κ2) is 6.22. The van der Waals surface area contributed by atoms with Gasteiger partial charge in [0.2, 0.25) is 0 Å². The number of allylic oxidation sites excluding steroid dienone is 1. The van der Waals surface area contributed by atoms with E-state index in [2.05, 4.69) is 0 Å². The third-order valence-corrected chi connectivity index (χ3v) is 3.84. The number of alkyl halides is 1. The maximum atomic E-state index is 12.2. The Hall–Kier alpha value is -1.32. The first-order chi connectivity index (χ1) is 9.17. The lowest BCUT2D eigenvalue weighted by Gasteiger charge is -2.26. The van der Waals surface area contributed by atoms with Crippen LogP contribution in [0.4, 0.5) is 0 Å². The predicted octanol–water partition coefficient (Wildman–Crippen LogP) is 3.06. The molecule has 0 spiro atoms. The van der Waals surface area contributed by atoms with Crippen LogP contribution in [-0.4, -0.2) is 31.5 Å². The number of benzene rings is 1. The second-order valence-corrected chi connectivity index (χ2v) is 4.96. The van der Waals surface area contributed by atoms with Crippen LogP contribution in [0.2, 0.25) is 0 Å². The standard InChI is InChI=1S/C15H17ClO3/c1-18-12-6-4-3-5-10(12)9-11-7-8-13(19-2)14(16)15(11)17/h3-6,9,13-14H,7-8H2,1-2H3. The zero-order valence-electron chi connectivity index (χ0n) is 11.1. The molecule has 0 aliphatic heterocycles. The van der Waals surface area contributed by atoms with E-state index in [0.717, 1.165) is 23.3 Å². The number of carbonyl (C=O) groups excluding carboxylic acids is 1. The zero-order valence-corrected chi connectivity index (χ0v) is 11.8. The van der Waals surface area contributed by atoms with Crippen molar-refractivity contribution in [3.63, 3.8) is 0 Å². The molecule has 0 aromatic heterocycles. The molecule has 0 N–H and O–H groups in total. The monoisotopic (exact) mass is 280 g/mol. The van der Waals surface area contributed by atoms with Gasteiger partial charge in [0.15, 0.2) is 5.78 Å². The van der Waals surface area contributed by atoms with E-state index in [0.29, 0.717) is 6.42 Å². The first kappa shape index (κ1) is 14.1. The molecule has 2 unspecified atom stereocenters. The van der Waals surface area contributed by atoms with Crippen LogP contribution in [0.5, 0.6) is 5.75 Å². The van der Waals surface area contributed by atoms with Gasteiger partial charge >= 0.3 is 0 Å². The van der Waals surface area contributed by atoms with Gasteiger partial charge in [0.05, 0.1) is 13.2 Å². The van der Waals surface area contributed by atoms with Crippen LogP contribution in [0.3, 0.4) is 0 Å². The Bertz CT molecular complexity index is 496. The lowest BCUT2D eigenvalue weighted by molar-refractivity contribution is -0.118. The van der Waals surface area contributed by atoms with Gasteiger partial charge in [-0.05, 0) is 30.6 Å². The number of ether oxygens (including phenoxy) is 2. The van der Waals surface area contributed by atoms with Crippen LogP contribution < -0.4 is 4.74 Å². The predicted molar refractivity (Wildman–Crippen MR) is 75.7 cm³/mol. The van der Waals surface area contributed by atoms with Crippen LogP contribution in [0.1, 0.15) is 18.4 Å². The molecule has 2 rings (SSSR count). The summed E-state index contributed by atoms with van der Waals surface area (Å²) in [6.07, 6.45) is 3.11. The molecule has 3 nitrogen and oxygen atoms in total. The minimum Gasteiger partial charge on any atom is -0.496 e. The number of hydrogen-bond donors (Lipinski definition) is 0. The van der Waals surface area contributed by atoms with Crippen molar-refractivity contribution in [3.05, 3.63) is 35.4 Å². The van der Waals surface area contributed by atoms with Crippen molar-refractivity contribution in [2.45, 2.75) is 24.3 Å². The highest BCUT2D eigenvalue weighted by molar-refractivity contribution is 6.35. The quantitative estimate of drug-likeness (QED) is 0.630. The highest BCUT2D eigenvalue weighted by atomic mass is 35.5. The molecule has 4 heteroatoms. The van der Waals surface area contributed by atoms with Crippen molar-refractivity contribution in [2.75, 3.05) is 14.2 Å². The van der Waals surface area contributed by atoms with E-state index in [4.69, 9.17) is 21.1 Å². The Morgan fingerprint density at radius 1 is 1.32 bits per heavy atom. The van der Waals surface area contributed by atoms with Crippen molar-refractivity contribution >= 4 is 23.5 Å². The SMILES string of the molecule is COc1ccccc1C=C1CCC(OC)C(Cl)C1=O. The molecule has 0 heterocycles. The molecule has 1 aliphatic rings. The average Bonchev–Trinajstić information content (AvgIpc) is 2.45. The summed E-state index contributed by atoms with van der Waals surface area (Å²) in [7, 11) is 3.20. The van der Waals surface area contributed by atoms with E-state index in [1.54, 1.807) is 14.2 Å². The molecule has 1 saturated carbocycles. The first-order valence-electron chi connectivity index (χ1n) is 6.22. The van der Waals surface area contributed by atoms with Gasteiger partial charge < -0.3 is 9.47 Å². The number of halogens is 1. The first-order valence-corrected chi connectivity index (χ1v) is 6.65. The van der Waals surface area contributed by atoms with Crippen molar-refractivity contribution in [2.24, 2.45) is 0 Å². The molecule has 1 fully saturated rings. The molecule has 0 amide bonds. The van der Waals surface area contributed by atoms with Gasteiger partial charge in [-0.1, -0.05) is 18.2 Å². The van der Waals surface area contributed by atoms with Gasteiger partial charge in [-0.2, -0.15) is 0 Å². The van der Waals surface area contributed by atoms with Gasteiger partial charge in [-0.25, -0.2) is 0 Å². The van der Waals surface area contributed by atoms with Crippen molar-refractivity contribution < 1.29 is 14.3 Å². The Morgan fingerprint density at radius 3 is 2.74 bits per heavy atom. The molecule has 102 valence electrons. The van der Waals surface area contributed by atoms with Gasteiger partial charge in [0.1, 0.15) is 11.1 Å². The molecule has 1 aromatic rings. The minimum absolute atomic E-state index is 0.0503. The van der Waals surface area contributed by atoms with Crippen molar-refractivity contribution in [3.8, 4) is 5.75 Å². The van der Waals surface area contributed by atoms with Gasteiger partial charge in [-0.3, -0.25) is 4.79 Å². The molecule has 0 bridgehead atoms. The van der Waals surface area contributed by atoms with Crippen LogP contribution in [0.25, 0.3) is 6.08 Å². The highest BCUT2D eigenvalue weighted by Gasteiger charge is 2.33. The summed E-state index contributed by atoms with van der Waals surface area (Å²) in [6.45, 7) is 0. The molecule has 2 atom stereocenters. The van der Waals surface area contributed by atoms with E-state index in [1.807, 2.05) is 30.3 Å². The number of hydrogen-bond acceptors (Lipinski definition) is 3. The topological polar surface area (TPSA) is 35.5 Å². The van der Waals surface area contributed by atoms with E-state index < -0.39 is 5.38 Å². The molecule has 1 aromatic carbocycles. The Kier molecular flexibility index (Phi) is 4.61. The molecular weight excluding hydrogens is 264 g/mol. The fraction of sp³-hybridized carbons (Fsp3) is 0.400. The number of ketones is 1. The van der Waals surface area contributed by atoms with Crippen LogP contribution in [0.15, 0.2) is 29.8 Å². The van der Waals surface area contributed by atoms with Crippen molar-refractivity contribution in [1.29, 1.82) is 0 Å². The third kappa shape index (κ3) is 2.99. The fourth-order valence-corrected chi connectivity index (χ4v) is 2.64. The van der Waals surface area contributed by atoms with Crippen LogP contribution in [0, 0.1) is 0 Å². The van der Waals surface area contributed by atoms with E-state index >= 15 is 0 Å². The molecule has 0 saturated heterocycles. The Balaban J connectivity index is 2.27. The number of carbonyl (C=O) groups is 1. The zero-order chi connectivity index (χ0) is 13.8. The summed E-state index contributed by atoms with van der Waals surface area (Å²) in [5, 5.41) is -0.597. The summed E-state index contributed by atoms with van der Waals surface area (Å²) in [5.41, 5.74) is 1.63. The maximum Gasteiger partial charge on any atom is 0.179 e. The summed E-state index contributed by atoms with van der Waals surface area (Å²) in [6, 6.07) is 7.60. The van der Waals surface area contributed by atoms with Gasteiger partial charge in [0.25, 0.3) is 0 Å². The smallest absolute Gasteiger partial charge is 0.179 e. The average molecular weight is 281 g/mol. The molecular formula is C15H17ClO3. The molecule has 19 heavy (non-hydrogen) atoms. The number of para-hydroxylation sites is 1. The summed E-state index contributed by atoms with van der Waals surface area (Å²) in [5.74, 6) is 0.702. The number of Topliss-reactive ketones (excluding diaryl/α,β-unsaturated/α-hetero) is 1. The number of rotatable bonds is 3. The second-order valence-electron chi connectivity index (χ2n) is 4.49. The lowest BCUT2D eigenvalue weighted by atomic mass is 9.89. The van der Waals surface area contributed by atoms with Gasteiger partial charge in [0, 0.05) is 12.7 Å². The van der Waals surface area contributed by atoms with Crippen LogP contribution in [-0.2, 0) is 9.53 Å². The fourth-order valence-electron chi connectivity index (χ4n) is 2.27. The third-order valence-electron chi connectivity index (χ3n) is 3.36. The van der Waals surface area contributed by atoms with E-state index in [1.165, 1.54) is 0 Å². The largest absolute Gasteiger partial charge is 0.496 e. The Morgan fingerprint density at radius 2 is 2.05 bits per heavy atom. The van der Waals surface area contributed by atoms with Crippen LogP contribution >= 0.6 is 11.6 Å².